The number of aliphatic hydroxyl groups is 1. The predicted molar refractivity (Wildman–Crippen MR) is 123 cm³/mol. The molecule has 33 heavy (non-hydrogen) atoms. The summed E-state index contributed by atoms with van der Waals surface area (Å²) in [5.74, 6) is -0.129. The zero-order valence-electron chi connectivity index (χ0n) is 19.5. The highest BCUT2D eigenvalue weighted by Crippen LogP contribution is 2.47. The van der Waals surface area contributed by atoms with Gasteiger partial charge in [0.1, 0.15) is 12.4 Å². The van der Waals surface area contributed by atoms with E-state index in [-0.39, 0.29) is 18.1 Å². The molecule has 180 valence electrons. The van der Waals surface area contributed by atoms with Gasteiger partial charge in [-0.1, -0.05) is 35.5 Å². The van der Waals surface area contributed by atoms with Gasteiger partial charge in [-0.3, -0.25) is 0 Å². The fourth-order valence-corrected chi connectivity index (χ4v) is 3.10. The molecule has 0 radical (unpaired) electrons. The summed E-state index contributed by atoms with van der Waals surface area (Å²) in [7, 11) is 3.08. The Balaban J connectivity index is 2.63. The Morgan fingerprint density at radius 2 is 1.82 bits per heavy atom. The van der Waals surface area contributed by atoms with Gasteiger partial charge in [-0.25, -0.2) is 4.99 Å². The molecule has 1 unspecified atom stereocenters. The number of halogens is 3. The van der Waals surface area contributed by atoms with E-state index in [0.717, 1.165) is 0 Å². The molecule has 0 bridgehead atoms. The summed E-state index contributed by atoms with van der Waals surface area (Å²) in [5, 5.41) is 15.0. The highest BCUT2D eigenvalue weighted by Gasteiger charge is 2.57. The van der Waals surface area contributed by atoms with E-state index < -0.39 is 23.8 Å². The second kappa shape index (κ2) is 11.2. The van der Waals surface area contributed by atoms with E-state index in [4.69, 9.17) is 9.57 Å². The van der Waals surface area contributed by atoms with Crippen LogP contribution in [0.4, 0.5) is 18.9 Å². The molecule has 0 fully saturated rings. The summed E-state index contributed by atoms with van der Waals surface area (Å²) in [4.78, 5) is 11.2. The first-order chi connectivity index (χ1) is 15.6. The summed E-state index contributed by atoms with van der Waals surface area (Å²) >= 11 is 0. The van der Waals surface area contributed by atoms with Gasteiger partial charge in [0.05, 0.1) is 24.8 Å². The molecular formula is C24H30F3N3O3. The molecule has 0 spiro atoms. The smallest absolute Gasteiger partial charge is 0.421 e. The van der Waals surface area contributed by atoms with Crippen molar-refractivity contribution in [3.63, 3.8) is 0 Å². The van der Waals surface area contributed by atoms with Crippen LogP contribution in [0.3, 0.4) is 0 Å². The maximum absolute atomic E-state index is 14.4. The van der Waals surface area contributed by atoms with E-state index in [1.54, 1.807) is 50.5 Å². The summed E-state index contributed by atoms with van der Waals surface area (Å²) in [6.45, 7) is 6.13. The van der Waals surface area contributed by atoms with E-state index in [9.17, 15) is 18.3 Å². The van der Waals surface area contributed by atoms with Crippen molar-refractivity contribution < 1.29 is 27.9 Å². The van der Waals surface area contributed by atoms with Crippen LogP contribution in [0.25, 0.3) is 0 Å². The number of oxime groups is 1. The zero-order valence-corrected chi connectivity index (χ0v) is 19.5. The minimum absolute atomic E-state index is 0.0383. The predicted octanol–water partition coefficient (Wildman–Crippen LogP) is 5.20. The number of benzene rings is 2. The molecule has 0 saturated carbocycles. The fourth-order valence-electron chi connectivity index (χ4n) is 3.10. The van der Waals surface area contributed by atoms with Crippen LogP contribution >= 0.6 is 0 Å². The van der Waals surface area contributed by atoms with Gasteiger partial charge in [-0.2, -0.15) is 13.2 Å². The van der Waals surface area contributed by atoms with Crippen molar-refractivity contribution in [1.29, 1.82) is 0 Å². The lowest BCUT2D eigenvalue weighted by atomic mass is 9.84. The molecule has 0 aromatic heterocycles. The van der Waals surface area contributed by atoms with Crippen molar-refractivity contribution in [2.24, 2.45) is 10.1 Å². The molecular weight excluding hydrogens is 435 g/mol. The first-order valence-electron chi connectivity index (χ1n) is 10.5. The molecule has 0 heterocycles. The van der Waals surface area contributed by atoms with Crippen molar-refractivity contribution in [2.45, 2.75) is 39.0 Å². The van der Waals surface area contributed by atoms with Crippen LogP contribution in [0.1, 0.15) is 37.0 Å². The maximum atomic E-state index is 14.4. The van der Waals surface area contributed by atoms with Crippen LogP contribution in [0.5, 0.6) is 5.75 Å². The first kappa shape index (κ1) is 26.2. The minimum Gasteiger partial charge on any atom is -0.496 e. The third-order valence-electron chi connectivity index (χ3n) is 5.16. The lowest BCUT2D eigenvalue weighted by molar-refractivity contribution is -0.264. The van der Waals surface area contributed by atoms with E-state index >= 15 is 0 Å². The average Bonchev–Trinajstić information content (AvgIpc) is 2.80. The van der Waals surface area contributed by atoms with Gasteiger partial charge in [0, 0.05) is 31.6 Å². The van der Waals surface area contributed by atoms with Crippen molar-refractivity contribution >= 4 is 17.7 Å². The minimum atomic E-state index is -5.03. The molecule has 2 rings (SSSR count). The van der Waals surface area contributed by atoms with E-state index in [2.05, 4.69) is 10.1 Å². The quantitative estimate of drug-likeness (QED) is 0.298. The molecule has 0 amide bonds. The van der Waals surface area contributed by atoms with E-state index in [1.807, 2.05) is 18.9 Å². The van der Waals surface area contributed by atoms with E-state index in [1.165, 1.54) is 19.2 Å². The van der Waals surface area contributed by atoms with Crippen LogP contribution in [0.2, 0.25) is 0 Å². The number of methoxy groups -OCH3 is 1. The Morgan fingerprint density at radius 1 is 1.15 bits per heavy atom. The van der Waals surface area contributed by atoms with Crippen LogP contribution in [0, 0.1) is 6.92 Å². The fraction of sp³-hybridized carbons (Fsp3) is 0.417. The first-order valence-corrected chi connectivity index (χ1v) is 10.5. The normalized spacial score (nSPS) is 14.3. The van der Waals surface area contributed by atoms with Crippen molar-refractivity contribution in [2.75, 3.05) is 27.3 Å². The average molecular weight is 466 g/mol. The number of ether oxygens (including phenoxy) is 1. The molecule has 0 aliphatic carbocycles. The Kier molecular flexibility index (Phi) is 8.87. The number of hydrogen-bond donors (Lipinski definition) is 1. The molecule has 0 aliphatic heterocycles. The van der Waals surface area contributed by atoms with Crippen LogP contribution < -0.4 is 4.74 Å². The second-order valence-corrected chi connectivity index (χ2v) is 7.51. The van der Waals surface area contributed by atoms with Crippen LogP contribution in [-0.2, 0) is 10.4 Å². The molecule has 2 aromatic carbocycles. The van der Waals surface area contributed by atoms with Gasteiger partial charge in [0.2, 0.25) is 0 Å². The summed E-state index contributed by atoms with van der Waals surface area (Å²) in [6.07, 6.45) is -4.31. The number of aliphatic imine (C=N–C) groups is 1. The number of nitrogens with zero attached hydrogens (tertiary/aromatic N) is 3. The van der Waals surface area contributed by atoms with Gasteiger partial charge in [0.15, 0.2) is 5.60 Å². The van der Waals surface area contributed by atoms with Crippen molar-refractivity contribution in [3.05, 3.63) is 59.2 Å². The number of rotatable bonds is 10. The van der Waals surface area contributed by atoms with Gasteiger partial charge in [0.25, 0.3) is 0 Å². The van der Waals surface area contributed by atoms with Gasteiger partial charge in [-0.05, 0) is 38.0 Å². The SMILES string of the molecule is CCO/N=C(/CC(O)(c1cc(C)c(/N=C\N(C)CC)cc1OC)C(F)(F)F)c1ccccc1. The van der Waals surface area contributed by atoms with Crippen molar-refractivity contribution in [3.8, 4) is 5.75 Å². The monoisotopic (exact) mass is 465 g/mol. The third kappa shape index (κ3) is 6.25. The van der Waals surface area contributed by atoms with Gasteiger partial charge in [-0.15, -0.1) is 0 Å². The standard InChI is InChI=1S/C24H30F3N3O3/c1-6-30(4)16-28-20-14-22(32-5)19(13-17(20)3)23(31,24(25,26)27)15-21(29-33-7-2)18-11-9-8-10-12-18/h8-14,16,31H,6-7,15H2,1-5H3/b28-16-,29-21-. The lowest BCUT2D eigenvalue weighted by Gasteiger charge is -2.33. The Hall–Kier alpha value is -3.07. The summed E-state index contributed by atoms with van der Waals surface area (Å²) in [6, 6.07) is 11.0. The molecule has 1 N–H and O–H groups in total. The molecule has 6 nitrogen and oxygen atoms in total. The molecule has 1 atom stereocenters. The lowest BCUT2D eigenvalue weighted by Crippen LogP contribution is -2.44. The Bertz CT molecular complexity index is 978. The Morgan fingerprint density at radius 3 is 2.36 bits per heavy atom. The molecule has 9 heteroatoms. The van der Waals surface area contributed by atoms with Crippen molar-refractivity contribution in [1.82, 2.24) is 4.90 Å². The van der Waals surface area contributed by atoms with Gasteiger partial charge >= 0.3 is 6.18 Å². The highest BCUT2D eigenvalue weighted by molar-refractivity contribution is 6.01. The van der Waals surface area contributed by atoms with Gasteiger partial charge < -0.3 is 19.6 Å². The molecule has 0 saturated heterocycles. The van der Waals surface area contributed by atoms with E-state index in [0.29, 0.717) is 23.4 Å². The number of alkyl halides is 3. The maximum Gasteiger partial charge on any atom is 0.421 e. The largest absolute Gasteiger partial charge is 0.496 e. The highest BCUT2D eigenvalue weighted by atomic mass is 19.4. The number of hydrogen-bond acceptors (Lipinski definition) is 5. The summed E-state index contributed by atoms with van der Waals surface area (Å²) in [5.41, 5.74) is -2.43. The second-order valence-electron chi connectivity index (χ2n) is 7.51. The molecule has 0 aliphatic rings. The third-order valence-corrected chi connectivity index (χ3v) is 5.16. The zero-order chi connectivity index (χ0) is 24.6. The number of aryl methyl sites for hydroxylation is 1. The Labute approximate surface area is 192 Å². The summed E-state index contributed by atoms with van der Waals surface area (Å²) < 4.78 is 48.5. The van der Waals surface area contributed by atoms with Crippen LogP contribution in [-0.4, -0.2) is 55.5 Å². The topological polar surface area (TPSA) is 66.7 Å². The van der Waals surface area contributed by atoms with Crippen LogP contribution in [0.15, 0.2) is 52.6 Å². The molecule has 2 aromatic rings.